The standard InChI is InChI=1S/C17H25FN2O.ClH/c1-20(12-14-5-7-15(18)8-6-14)16(21)11-17(13-19)9-3-2-4-10-17;/h5-8H,2-4,9-13,19H2,1H3;1H. The monoisotopic (exact) mass is 328 g/mol. The zero-order valence-corrected chi connectivity index (χ0v) is 14.0. The summed E-state index contributed by atoms with van der Waals surface area (Å²) in [5, 5.41) is 0. The Balaban J connectivity index is 0.00000242. The second-order valence-corrected chi connectivity index (χ2v) is 6.32. The number of halogens is 2. The summed E-state index contributed by atoms with van der Waals surface area (Å²) in [6.45, 7) is 1.10. The maximum absolute atomic E-state index is 12.9. The minimum atomic E-state index is -0.253. The van der Waals surface area contributed by atoms with Gasteiger partial charge in [-0.05, 0) is 42.5 Å². The van der Waals surface area contributed by atoms with Crippen LogP contribution in [0.2, 0.25) is 0 Å². The highest BCUT2D eigenvalue weighted by Gasteiger charge is 2.33. The Morgan fingerprint density at radius 2 is 1.82 bits per heavy atom. The maximum Gasteiger partial charge on any atom is 0.223 e. The number of nitrogens with zero attached hydrogens (tertiary/aromatic N) is 1. The third-order valence-electron chi connectivity index (χ3n) is 4.63. The second-order valence-electron chi connectivity index (χ2n) is 6.32. The lowest BCUT2D eigenvalue weighted by molar-refractivity contribution is -0.133. The fourth-order valence-corrected chi connectivity index (χ4v) is 3.16. The predicted molar refractivity (Wildman–Crippen MR) is 89.3 cm³/mol. The number of carbonyl (C=O) groups is 1. The predicted octanol–water partition coefficient (Wildman–Crippen LogP) is 3.51. The lowest BCUT2D eigenvalue weighted by Crippen LogP contribution is -2.39. The molecule has 0 bridgehead atoms. The van der Waals surface area contributed by atoms with Gasteiger partial charge in [-0.1, -0.05) is 31.4 Å². The number of rotatable bonds is 5. The third-order valence-corrected chi connectivity index (χ3v) is 4.63. The van der Waals surface area contributed by atoms with Gasteiger partial charge in [0, 0.05) is 20.0 Å². The summed E-state index contributed by atoms with van der Waals surface area (Å²) in [5.41, 5.74) is 6.88. The zero-order chi connectivity index (χ0) is 15.3. The minimum absolute atomic E-state index is 0. The molecule has 3 nitrogen and oxygen atoms in total. The van der Waals surface area contributed by atoms with E-state index < -0.39 is 0 Å². The van der Waals surface area contributed by atoms with Crippen molar-refractivity contribution in [3.8, 4) is 0 Å². The second kappa shape index (κ2) is 8.49. The Morgan fingerprint density at radius 1 is 1.23 bits per heavy atom. The molecule has 0 radical (unpaired) electrons. The fraction of sp³-hybridized carbons (Fsp3) is 0.588. The molecule has 0 aromatic heterocycles. The lowest BCUT2D eigenvalue weighted by atomic mass is 9.71. The molecule has 0 atom stereocenters. The first-order chi connectivity index (χ1) is 10.0. The van der Waals surface area contributed by atoms with E-state index in [0.29, 0.717) is 19.5 Å². The normalized spacial score (nSPS) is 16.7. The highest BCUT2D eigenvalue weighted by molar-refractivity contribution is 5.85. The number of hydrogen-bond donors (Lipinski definition) is 1. The third kappa shape index (κ3) is 4.96. The van der Waals surface area contributed by atoms with Gasteiger partial charge in [0.25, 0.3) is 0 Å². The topological polar surface area (TPSA) is 46.3 Å². The molecule has 124 valence electrons. The summed E-state index contributed by atoms with van der Waals surface area (Å²) >= 11 is 0. The van der Waals surface area contributed by atoms with Gasteiger partial charge < -0.3 is 10.6 Å². The molecule has 0 spiro atoms. The van der Waals surface area contributed by atoms with Crippen molar-refractivity contribution >= 4 is 18.3 Å². The number of hydrogen-bond acceptors (Lipinski definition) is 2. The van der Waals surface area contributed by atoms with Crippen LogP contribution in [0.4, 0.5) is 4.39 Å². The van der Waals surface area contributed by atoms with E-state index in [4.69, 9.17) is 5.73 Å². The van der Waals surface area contributed by atoms with Gasteiger partial charge in [-0.2, -0.15) is 0 Å². The van der Waals surface area contributed by atoms with E-state index in [1.165, 1.54) is 31.4 Å². The fourth-order valence-electron chi connectivity index (χ4n) is 3.16. The largest absolute Gasteiger partial charge is 0.341 e. The van der Waals surface area contributed by atoms with Gasteiger partial charge >= 0.3 is 0 Å². The summed E-state index contributed by atoms with van der Waals surface area (Å²) in [6.07, 6.45) is 6.24. The van der Waals surface area contributed by atoms with Crippen LogP contribution in [0.3, 0.4) is 0 Å². The Hall–Kier alpha value is -1.13. The van der Waals surface area contributed by atoms with Crippen LogP contribution < -0.4 is 5.73 Å². The van der Waals surface area contributed by atoms with E-state index in [2.05, 4.69) is 0 Å². The van der Waals surface area contributed by atoms with Crippen molar-refractivity contribution in [1.82, 2.24) is 4.90 Å². The molecule has 1 saturated carbocycles. The Labute approximate surface area is 138 Å². The lowest BCUT2D eigenvalue weighted by Gasteiger charge is -2.36. The number of benzene rings is 1. The molecule has 1 amide bonds. The molecule has 2 N–H and O–H groups in total. The highest BCUT2D eigenvalue weighted by atomic mass is 35.5. The van der Waals surface area contributed by atoms with Gasteiger partial charge in [0.05, 0.1) is 0 Å². The van der Waals surface area contributed by atoms with Crippen LogP contribution in [-0.2, 0) is 11.3 Å². The smallest absolute Gasteiger partial charge is 0.223 e. The SMILES string of the molecule is CN(Cc1ccc(F)cc1)C(=O)CC1(CN)CCCCC1.Cl. The van der Waals surface area contributed by atoms with Crippen LogP contribution in [0.15, 0.2) is 24.3 Å². The van der Waals surface area contributed by atoms with Crippen molar-refractivity contribution in [1.29, 1.82) is 0 Å². The summed E-state index contributed by atoms with van der Waals surface area (Å²) in [4.78, 5) is 14.2. The van der Waals surface area contributed by atoms with Crippen LogP contribution in [0.5, 0.6) is 0 Å². The van der Waals surface area contributed by atoms with Crippen molar-refractivity contribution in [3.63, 3.8) is 0 Å². The molecule has 1 aliphatic rings. The van der Waals surface area contributed by atoms with E-state index in [-0.39, 0.29) is 29.5 Å². The highest BCUT2D eigenvalue weighted by Crippen LogP contribution is 2.38. The molecule has 0 saturated heterocycles. The molecular weight excluding hydrogens is 303 g/mol. The molecule has 0 unspecified atom stereocenters. The van der Waals surface area contributed by atoms with Gasteiger partial charge in [0.15, 0.2) is 0 Å². The van der Waals surface area contributed by atoms with Gasteiger partial charge in [-0.3, -0.25) is 4.79 Å². The first-order valence-electron chi connectivity index (χ1n) is 7.73. The van der Waals surface area contributed by atoms with Crippen LogP contribution in [0.1, 0.15) is 44.1 Å². The molecular formula is C17H26ClFN2O. The molecule has 1 aliphatic carbocycles. The summed E-state index contributed by atoms with van der Waals surface area (Å²) < 4.78 is 12.9. The van der Waals surface area contributed by atoms with Crippen LogP contribution >= 0.6 is 12.4 Å². The van der Waals surface area contributed by atoms with Crippen LogP contribution in [0.25, 0.3) is 0 Å². The Kier molecular flexibility index (Phi) is 7.30. The molecule has 5 heteroatoms. The molecule has 22 heavy (non-hydrogen) atoms. The van der Waals surface area contributed by atoms with E-state index in [9.17, 15) is 9.18 Å². The van der Waals surface area contributed by atoms with Crippen molar-refractivity contribution < 1.29 is 9.18 Å². The van der Waals surface area contributed by atoms with E-state index in [1.54, 1.807) is 24.1 Å². The van der Waals surface area contributed by atoms with E-state index in [0.717, 1.165) is 18.4 Å². The van der Waals surface area contributed by atoms with Gasteiger partial charge in [-0.15, -0.1) is 12.4 Å². The number of carbonyl (C=O) groups excluding carboxylic acids is 1. The quantitative estimate of drug-likeness (QED) is 0.899. The first kappa shape index (κ1) is 18.9. The molecule has 0 heterocycles. The van der Waals surface area contributed by atoms with Gasteiger partial charge in [0.2, 0.25) is 5.91 Å². The summed E-state index contributed by atoms with van der Waals surface area (Å²) in [5.74, 6) is -0.122. The zero-order valence-electron chi connectivity index (χ0n) is 13.2. The summed E-state index contributed by atoms with van der Waals surface area (Å²) in [7, 11) is 1.80. The van der Waals surface area contributed by atoms with Crippen LogP contribution in [-0.4, -0.2) is 24.4 Å². The summed E-state index contributed by atoms with van der Waals surface area (Å²) in [6, 6.07) is 6.29. The van der Waals surface area contributed by atoms with Gasteiger partial charge in [-0.25, -0.2) is 4.39 Å². The van der Waals surface area contributed by atoms with Crippen molar-refractivity contribution in [3.05, 3.63) is 35.6 Å². The average molecular weight is 329 g/mol. The molecule has 2 rings (SSSR count). The molecule has 1 aromatic carbocycles. The van der Waals surface area contributed by atoms with E-state index in [1.807, 2.05) is 0 Å². The maximum atomic E-state index is 12.9. The van der Waals surface area contributed by atoms with Crippen molar-refractivity contribution in [2.24, 2.45) is 11.1 Å². The molecule has 1 fully saturated rings. The first-order valence-corrected chi connectivity index (χ1v) is 7.73. The van der Waals surface area contributed by atoms with Crippen molar-refractivity contribution in [2.75, 3.05) is 13.6 Å². The molecule has 1 aromatic rings. The Bertz CT molecular complexity index is 472. The van der Waals surface area contributed by atoms with E-state index >= 15 is 0 Å². The molecule has 0 aliphatic heterocycles. The number of amides is 1. The minimum Gasteiger partial charge on any atom is -0.341 e. The van der Waals surface area contributed by atoms with Crippen molar-refractivity contribution in [2.45, 2.75) is 45.1 Å². The van der Waals surface area contributed by atoms with Gasteiger partial charge in [0.1, 0.15) is 5.82 Å². The number of nitrogens with two attached hydrogens (primary N) is 1. The average Bonchev–Trinajstić information content (AvgIpc) is 2.50. The Morgan fingerprint density at radius 3 is 2.36 bits per heavy atom. The van der Waals surface area contributed by atoms with Crippen LogP contribution in [0, 0.1) is 11.2 Å².